The summed E-state index contributed by atoms with van der Waals surface area (Å²) in [5.41, 5.74) is 0. The van der Waals surface area contributed by atoms with Gasteiger partial charge >= 0.3 is 6.18 Å². The third-order valence-corrected chi connectivity index (χ3v) is 4.47. The highest BCUT2D eigenvalue weighted by Gasteiger charge is 2.34. The highest BCUT2D eigenvalue weighted by atomic mass is 35.5. The first-order valence-corrected chi connectivity index (χ1v) is 8.07. The van der Waals surface area contributed by atoms with Crippen LogP contribution in [0.15, 0.2) is 0 Å². The molecule has 146 valence electrons. The molecule has 9 heteroatoms. The van der Waals surface area contributed by atoms with Gasteiger partial charge < -0.3 is 15.1 Å². The van der Waals surface area contributed by atoms with Gasteiger partial charge in [-0.3, -0.25) is 4.79 Å². The zero-order valence-corrected chi connectivity index (χ0v) is 16.2. The Hall–Kier alpha value is -0.240. The number of halogens is 5. The Bertz CT molecular complexity index is 351. The van der Waals surface area contributed by atoms with Crippen molar-refractivity contribution in [3.8, 4) is 0 Å². The van der Waals surface area contributed by atoms with Crippen LogP contribution < -0.4 is 5.32 Å². The monoisotopic (exact) mass is 395 g/mol. The number of carbonyl (C=O) groups excluding carboxylic acids is 1. The van der Waals surface area contributed by atoms with Crippen LogP contribution in [0, 0.1) is 11.8 Å². The van der Waals surface area contributed by atoms with Crippen LogP contribution in [0.2, 0.25) is 0 Å². The van der Waals surface area contributed by atoms with Crippen LogP contribution in [0.3, 0.4) is 0 Å². The third kappa shape index (κ3) is 8.74. The smallest absolute Gasteiger partial charge is 0.341 e. The fourth-order valence-electron chi connectivity index (χ4n) is 2.55. The first kappa shape index (κ1) is 26.0. The minimum absolute atomic E-state index is 0. The molecule has 1 fully saturated rings. The van der Waals surface area contributed by atoms with Gasteiger partial charge in [-0.2, -0.15) is 13.2 Å². The maximum Gasteiger partial charge on any atom is 0.390 e. The maximum absolute atomic E-state index is 12.5. The van der Waals surface area contributed by atoms with E-state index in [1.165, 1.54) is 4.90 Å². The van der Waals surface area contributed by atoms with E-state index >= 15 is 0 Å². The van der Waals surface area contributed by atoms with Crippen molar-refractivity contribution < 1.29 is 18.0 Å². The van der Waals surface area contributed by atoms with Crippen LogP contribution in [0.5, 0.6) is 0 Å². The van der Waals surface area contributed by atoms with Crippen molar-refractivity contribution >= 4 is 30.7 Å². The second-order valence-electron chi connectivity index (χ2n) is 5.92. The van der Waals surface area contributed by atoms with E-state index in [1.807, 2.05) is 20.8 Å². The van der Waals surface area contributed by atoms with Gasteiger partial charge in [0, 0.05) is 25.6 Å². The molecule has 0 saturated carbocycles. The van der Waals surface area contributed by atoms with E-state index in [4.69, 9.17) is 0 Å². The zero-order valence-electron chi connectivity index (χ0n) is 14.6. The van der Waals surface area contributed by atoms with Gasteiger partial charge in [-0.1, -0.05) is 20.8 Å². The van der Waals surface area contributed by atoms with Crippen molar-refractivity contribution in [3.05, 3.63) is 0 Å². The molecule has 1 heterocycles. The molecule has 0 aliphatic carbocycles. The number of hydrogen-bond acceptors (Lipinski definition) is 3. The fourth-order valence-corrected chi connectivity index (χ4v) is 2.55. The lowest BCUT2D eigenvalue weighted by Crippen LogP contribution is -2.51. The van der Waals surface area contributed by atoms with Crippen molar-refractivity contribution in [1.29, 1.82) is 0 Å². The Labute approximate surface area is 155 Å². The van der Waals surface area contributed by atoms with Gasteiger partial charge in [0.05, 0.1) is 6.42 Å². The van der Waals surface area contributed by atoms with Crippen molar-refractivity contribution in [2.45, 2.75) is 33.4 Å². The predicted octanol–water partition coefficient (Wildman–Crippen LogP) is 2.81. The van der Waals surface area contributed by atoms with Crippen LogP contribution in [-0.2, 0) is 4.79 Å². The Morgan fingerprint density at radius 3 is 2.04 bits per heavy atom. The molecule has 0 spiro atoms. The van der Waals surface area contributed by atoms with Gasteiger partial charge in [-0.25, -0.2) is 0 Å². The van der Waals surface area contributed by atoms with Gasteiger partial charge in [-0.05, 0) is 32.1 Å². The second-order valence-corrected chi connectivity index (χ2v) is 5.92. The average Bonchev–Trinajstić information content (AvgIpc) is 2.39. The van der Waals surface area contributed by atoms with E-state index in [9.17, 15) is 18.0 Å². The predicted molar refractivity (Wildman–Crippen MR) is 95.1 cm³/mol. The number of likely N-dealkylation sites (N-methyl/N-ethyl adjacent to an activating group) is 1. The first-order chi connectivity index (χ1) is 10.3. The third-order valence-electron chi connectivity index (χ3n) is 4.47. The van der Waals surface area contributed by atoms with E-state index in [0.29, 0.717) is 13.1 Å². The number of carbonyl (C=O) groups is 1. The largest absolute Gasteiger partial charge is 0.390 e. The topological polar surface area (TPSA) is 35.6 Å². The summed E-state index contributed by atoms with van der Waals surface area (Å²) in [5, 5.41) is 3.10. The summed E-state index contributed by atoms with van der Waals surface area (Å²) in [5.74, 6) is -0.122. The van der Waals surface area contributed by atoms with Crippen molar-refractivity contribution in [2.75, 3.05) is 45.8 Å². The van der Waals surface area contributed by atoms with Gasteiger partial charge in [0.15, 0.2) is 0 Å². The van der Waals surface area contributed by atoms with Crippen molar-refractivity contribution in [2.24, 2.45) is 11.8 Å². The van der Waals surface area contributed by atoms with Crippen molar-refractivity contribution in [1.82, 2.24) is 15.1 Å². The molecule has 0 radical (unpaired) electrons. The first-order valence-electron chi connectivity index (χ1n) is 8.07. The van der Waals surface area contributed by atoms with Gasteiger partial charge in [-0.15, -0.1) is 24.8 Å². The Morgan fingerprint density at radius 1 is 1.12 bits per heavy atom. The minimum atomic E-state index is -4.23. The molecular weight excluding hydrogens is 366 g/mol. The standard InChI is InChI=1S/C15H28F3N3O.2ClH/c1-4-20(5-2)8-9-21(7-6-15(16,17)18)14(22)12(3)13-10-19-11-13;;/h12-13,19H,4-11H2,1-3H3;2*1H. The lowest BCUT2D eigenvalue weighted by atomic mass is 9.88. The molecule has 1 aliphatic heterocycles. The molecule has 0 aromatic heterocycles. The number of amides is 1. The molecule has 24 heavy (non-hydrogen) atoms. The fraction of sp³-hybridized carbons (Fsp3) is 0.933. The molecule has 1 amide bonds. The molecule has 1 atom stereocenters. The SMILES string of the molecule is CCN(CC)CCN(CCC(F)(F)F)C(=O)C(C)C1CNC1.Cl.Cl. The number of rotatable bonds is 9. The van der Waals surface area contributed by atoms with Crippen LogP contribution in [-0.4, -0.2) is 67.7 Å². The molecule has 1 unspecified atom stereocenters. The quantitative estimate of drug-likeness (QED) is 0.651. The molecule has 4 nitrogen and oxygen atoms in total. The zero-order chi connectivity index (χ0) is 16.8. The van der Waals surface area contributed by atoms with Crippen LogP contribution in [0.25, 0.3) is 0 Å². The Balaban J connectivity index is 0. The van der Waals surface area contributed by atoms with E-state index in [1.54, 1.807) is 0 Å². The van der Waals surface area contributed by atoms with Crippen molar-refractivity contribution in [3.63, 3.8) is 0 Å². The maximum atomic E-state index is 12.5. The van der Waals surface area contributed by atoms with Gasteiger partial charge in [0.1, 0.15) is 0 Å². The summed E-state index contributed by atoms with van der Waals surface area (Å²) in [7, 11) is 0. The number of nitrogens with zero attached hydrogens (tertiary/aromatic N) is 2. The van der Waals surface area contributed by atoms with E-state index in [-0.39, 0.29) is 49.1 Å². The number of nitrogens with one attached hydrogen (secondary N) is 1. The summed E-state index contributed by atoms with van der Waals surface area (Å²) in [6.45, 7) is 9.79. The van der Waals surface area contributed by atoms with Gasteiger partial charge in [0.2, 0.25) is 5.91 Å². The molecule has 1 aliphatic rings. The summed E-state index contributed by atoms with van der Waals surface area (Å²) in [4.78, 5) is 16.0. The molecule has 0 aromatic rings. The summed E-state index contributed by atoms with van der Waals surface area (Å²) in [6.07, 6.45) is -5.17. The van der Waals surface area contributed by atoms with E-state index in [0.717, 1.165) is 26.2 Å². The Morgan fingerprint density at radius 2 is 1.67 bits per heavy atom. The molecular formula is C15H30Cl2F3N3O. The number of hydrogen-bond donors (Lipinski definition) is 1. The molecule has 0 aromatic carbocycles. The van der Waals surface area contributed by atoms with E-state index < -0.39 is 12.6 Å². The van der Waals surface area contributed by atoms with E-state index in [2.05, 4.69) is 10.2 Å². The minimum Gasteiger partial charge on any atom is -0.341 e. The highest BCUT2D eigenvalue weighted by Crippen LogP contribution is 2.22. The van der Waals surface area contributed by atoms with Crippen LogP contribution >= 0.6 is 24.8 Å². The second kappa shape index (κ2) is 12.2. The Kier molecular flexibility index (Phi) is 13.2. The molecule has 1 rings (SSSR count). The lowest BCUT2D eigenvalue weighted by molar-refractivity contribution is -0.148. The normalized spacial score (nSPS) is 16.0. The summed E-state index contributed by atoms with van der Waals surface area (Å²) < 4.78 is 37.5. The number of alkyl halides is 3. The molecule has 1 saturated heterocycles. The molecule has 0 bridgehead atoms. The average molecular weight is 396 g/mol. The highest BCUT2D eigenvalue weighted by molar-refractivity contribution is 5.85. The van der Waals surface area contributed by atoms with Gasteiger partial charge in [0.25, 0.3) is 0 Å². The summed E-state index contributed by atoms with van der Waals surface area (Å²) >= 11 is 0. The molecule has 1 N–H and O–H groups in total. The summed E-state index contributed by atoms with van der Waals surface area (Å²) in [6, 6.07) is 0. The lowest BCUT2D eigenvalue weighted by Gasteiger charge is -2.36. The van der Waals surface area contributed by atoms with Crippen LogP contribution in [0.4, 0.5) is 13.2 Å². The van der Waals surface area contributed by atoms with Crippen LogP contribution in [0.1, 0.15) is 27.2 Å².